The fraction of sp³-hybridized carbons (Fsp3) is 0.538. The quantitative estimate of drug-likeness (QED) is 0.835. The van der Waals surface area contributed by atoms with Gasteiger partial charge in [-0.05, 0) is 37.8 Å². The summed E-state index contributed by atoms with van der Waals surface area (Å²) in [5.41, 5.74) is 6.89. The lowest BCUT2D eigenvalue weighted by Gasteiger charge is -2.22. The monoisotopic (exact) mass is 235 g/mol. The standard InChI is InChI=1S/C13H17NO3/c14-13(5-6-13)4-3-9-10(15)1-2-11-12(9)17-8-7-16-11/h1-2,15H,3-8,14H2. The third-order valence-corrected chi connectivity index (χ3v) is 3.55. The number of benzene rings is 1. The smallest absolute Gasteiger partial charge is 0.168 e. The topological polar surface area (TPSA) is 64.7 Å². The summed E-state index contributed by atoms with van der Waals surface area (Å²) in [6.07, 6.45) is 3.80. The highest BCUT2D eigenvalue weighted by Gasteiger charge is 2.38. The van der Waals surface area contributed by atoms with Crippen LogP contribution in [0.25, 0.3) is 0 Å². The molecule has 1 aromatic rings. The molecule has 0 bridgehead atoms. The van der Waals surface area contributed by atoms with Crippen LogP contribution in [0.1, 0.15) is 24.8 Å². The molecule has 3 rings (SSSR count). The van der Waals surface area contributed by atoms with E-state index < -0.39 is 0 Å². The Morgan fingerprint density at radius 1 is 1.24 bits per heavy atom. The number of phenolic OH excluding ortho intramolecular Hbond substituents is 1. The van der Waals surface area contributed by atoms with E-state index in [1.54, 1.807) is 12.1 Å². The van der Waals surface area contributed by atoms with E-state index in [9.17, 15) is 5.11 Å². The molecule has 0 amide bonds. The van der Waals surface area contributed by atoms with Crippen molar-refractivity contribution in [3.05, 3.63) is 17.7 Å². The molecule has 0 atom stereocenters. The molecule has 1 aromatic carbocycles. The molecular formula is C13H17NO3. The molecule has 17 heavy (non-hydrogen) atoms. The van der Waals surface area contributed by atoms with Crippen LogP contribution in [0.3, 0.4) is 0 Å². The van der Waals surface area contributed by atoms with Gasteiger partial charge < -0.3 is 20.3 Å². The molecule has 1 fully saturated rings. The third-order valence-electron chi connectivity index (χ3n) is 3.55. The Kier molecular flexibility index (Phi) is 2.40. The van der Waals surface area contributed by atoms with Gasteiger partial charge in [-0.15, -0.1) is 0 Å². The van der Waals surface area contributed by atoms with Gasteiger partial charge in [0.25, 0.3) is 0 Å². The van der Waals surface area contributed by atoms with Gasteiger partial charge in [-0.3, -0.25) is 0 Å². The summed E-state index contributed by atoms with van der Waals surface area (Å²) >= 11 is 0. The molecular weight excluding hydrogens is 218 g/mol. The van der Waals surface area contributed by atoms with Crippen LogP contribution in [0.2, 0.25) is 0 Å². The van der Waals surface area contributed by atoms with Crippen LogP contribution < -0.4 is 15.2 Å². The zero-order valence-electron chi connectivity index (χ0n) is 9.74. The molecule has 1 heterocycles. The van der Waals surface area contributed by atoms with E-state index in [1.165, 1.54) is 0 Å². The second-order valence-electron chi connectivity index (χ2n) is 4.95. The molecule has 0 radical (unpaired) electrons. The molecule has 4 nitrogen and oxygen atoms in total. The Hall–Kier alpha value is -1.42. The average molecular weight is 235 g/mol. The Bertz CT molecular complexity index is 441. The molecule has 1 aliphatic carbocycles. The summed E-state index contributed by atoms with van der Waals surface area (Å²) < 4.78 is 11.1. The first-order valence-corrected chi connectivity index (χ1v) is 6.07. The molecule has 92 valence electrons. The van der Waals surface area contributed by atoms with E-state index in [1.807, 2.05) is 0 Å². The Morgan fingerprint density at radius 2 is 2.00 bits per heavy atom. The molecule has 1 aliphatic heterocycles. The minimum atomic E-state index is -0.00924. The van der Waals surface area contributed by atoms with Gasteiger partial charge >= 0.3 is 0 Å². The highest BCUT2D eigenvalue weighted by atomic mass is 16.6. The molecule has 1 saturated carbocycles. The lowest BCUT2D eigenvalue weighted by atomic mass is 10.0. The number of hydrogen-bond donors (Lipinski definition) is 2. The van der Waals surface area contributed by atoms with Crippen LogP contribution in [-0.4, -0.2) is 23.9 Å². The Labute approximate surface area is 100 Å². The number of ether oxygens (including phenoxy) is 2. The molecule has 4 heteroatoms. The maximum atomic E-state index is 9.91. The van der Waals surface area contributed by atoms with Crippen molar-refractivity contribution < 1.29 is 14.6 Å². The van der Waals surface area contributed by atoms with Gasteiger partial charge in [-0.25, -0.2) is 0 Å². The molecule has 0 unspecified atom stereocenters. The number of fused-ring (bicyclic) bond motifs is 1. The van der Waals surface area contributed by atoms with E-state index in [0.717, 1.165) is 37.0 Å². The van der Waals surface area contributed by atoms with Crippen molar-refractivity contribution >= 4 is 0 Å². The zero-order valence-corrected chi connectivity index (χ0v) is 9.74. The summed E-state index contributed by atoms with van der Waals surface area (Å²) in [4.78, 5) is 0. The minimum absolute atomic E-state index is 0.00924. The normalized spacial score (nSPS) is 20.1. The van der Waals surface area contributed by atoms with E-state index in [-0.39, 0.29) is 11.3 Å². The summed E-state index contributed by atoms with van der Waals surface area (Å²) in [6.45, 7) is 1.11. The molecule has 0 spiro atoms. The van der Waals surface area contributed by atoms with E-state index in [2.05, 4.69) is 0 Å². The predicted octanol–water partition coefficient (Wildman–Crippen LogP) is 1.59. The fourth-order valence-electron chi connectivity index (χ4n) is 2.19. The van der Waals surface area contributed by atoms with Gasteiger partial charge in [0.05, 0.1) is 0 Å². The minimum Gasteiger partial charge on any atom is -0.508 e. The van der Waals surface area contributed by atoms with E-state index in [0.29, 0.717) is 19.0 Å². The number of rotatable bonds is 3. The maximum absolute atomic E-state index is 9.91. The van der Waals surface area contributed by atoms with Crippen molar-refractivity contribution in [2.75, 3.05) is 13.2 Å². The average Bonchev–Trinajstić information content (AvgIpc) is 3.06. The van der Waals surface area contributed by atoms with E-state index in [4.69, 9.17) is 15.2 Å². The lowest BCUT2D eigenvalue weighted by molar-refractivity contribution is 0.169. The molecule has 0 aromatic heterocycles. The van der Waals surface area contributed by atoms with Crippen molar-refractivity contribution in [3.8, 4) is 17.2 Å². The van der Waals surface area contributed by atoms with Crippen LogP contribution in [0.15, 0.2) is 12.1 Å². The van der Waals surface area contributed by atoms with Crippen LogP contribution in [-0.2, 0) is 6.42 Å². The van der Waals surface area contributed by atoms with Gasteiger partial charge in [-0.2, -0.15) is 0 Å². The van der Waals surface area contributed by atoms with Crippen LogP contribution >= 0.6 is 0 Å². The number of nitrogens with two attached hydrogens (primary N) is 1. The lowest BCUT2D eigenvalue weighted by Crippen LogP contribution is -2.23. The number of phenols is 1. The van der Waals surface area contributed by atoms with Gasteiger partial charge in [0.2, 0.25) is 0 Å². The number of aromatic hydroxyl groups is 1. The summed E-state index contributed by atoms with van der Waals surface area (Å²) in [5.74, 6) is 1.70. The fourth-order valence-corrected chi connectivity index (χ4v) is 2.19. The van der Waals surface area contributed by atoms with Crippen molar-refractivity contribution in [3.63, 3.8) is 0 Å². The zero-order chi connectivity index (χ0) is 11.9. The van der Waals surface area contributed by atoms with Gasteiger partial charge in [0, 0.05) is 11.1 Å². The van der Waals surface area contributed by atoms with Gasteiger partial charge in [0.15, 0.2) is 11.5 Å². The van der Waals surface area contributed by atoms with Crippen molar-refractivity contribution in [2.45, 2.75) is 31.2 Å². The van der Waals surface area contributed by atoms with E-state index >= 15 is 0 Å². The van der Waals surface area contributed by atoms with Gasteiger partial charge in [0.1, 0.15) is 19.0 Å². The van der Waals surface area contributed by atoms with Crippen molar-refractivity contribution in [1.29, 1.82) is 0 Å². The third kappa shape index (κ3) is 2.05. The molecule has 0 saturated heterocycles. The van der Waals surface area contributed by atoms with Crippen molar-refractivity contribution in [1.82, 2.24) is 0 Å². The van der Waals surface area contributed by atoms with Crippen LogP contribution in [0, 0.1) is 0 Å². The highest BCUT2D eigenvalue weighted by molar-refractivity contribution is 5.54. The molecule has 3 N–H and O–H groups in total. The second-order valence-corrected chi connectivity index (χ2v) is 4.95. The van der Waals surface area contributed by atoms with Gasteiger partial charge in [-0.1, -0.05) is 0 Å². The first-order valence-electron chi connectivity index (χ1n) is 6.07. The first kappa shape index (κ1) is 10.7. The van der Waals surface area contributed by atoms with Crippen LogP contribution in [0.5, 0.6) is 17.2 Å². The Morgan fingerprint density at radius 3 is 2.76 bits per heavy atom. The van der Waals surface area contributed by atoms with Crippen molar-refractivity contribution in [2.24, 2.45) is 5.73 Å². The second kappa shape index (κ2) is 3.81. The SMILES string of the molecule is NC1(CCc2c(O)ccc3c2OCCO3)CC1. The van der Waals surface area contributed by atoms with Crippen LogP contribution in [0.4, 0.5) is 0 Å². The summed E-state index contributed by atoms with van der Waals surface area (Å²) in [5, 5.41) is 9.91. The summed E-state index contributed by atoms with van der Waals surface area (Å²) in [6, 6.07) is 3.42. The summed E-state index contributed by atoms with van der Waals surface area (Å²) in [7, 11) is 0. The highest BCUT2D eigenvalue weighted by Crippen LogP contribution is 2.42. The Balaban J connectivity index is 1.85. The maximum Gasteiger partial charge on any atom is 0.168 e. The number of hydrogen-bond acceptors (Lipinski definition) is 4. The molecule has 2 aliphatic rings. The largest absolute Gasteiger partial charge is 0.508 e. The predicted molar refractivity (Wildman–Crippen MR) is 63.6 cm³/mol. The first-order chi connectivity index (χ1) is 8.18.